The maximum absolute atomic E-state index is 12.6. The van der Waals surface area contributed by atoms with Crippen molar-refractivity contribution in [2.45, 2.75) is 31.7 Å². The van der Waals surface area contributed by atoms with E-state index < -0.39 is 0 Å². The van der Waals surface area contributed by atoms with Crippen molar-refractivity contribution in [3.05, 3.63) is 47.9 Å². The van der Waals surface area contributed by atoms with Crippen molar-refractivity contribution in [1.29, 1.82) is 0 Å². The lowest BCUT2D eigenvalue weighted by atomic mass is 10.1. The third-order valence-corrected chi connectivity index (χ3v) is 4.85. The van der Waals surface area contributed by atoms with Crippen LogP contribution < -0.4 is 10.2 Å². The Bertz CT molecular complexity index is 652. The Balaban J connectivity index is 2.27. The first-order chi connectivity index (χ1) is 10.9. The van der Waals surface area contributed by atoms with E-state index in [1.165, 1.54) is 17.8 Å². The number of nitrogens with zero attached hydrogens (tertiary/aromatic N) is 1. The van der Waals surface area contributed by atoms with Crippen LogP contribution in [0.4, 0.5) is 5.69 Å². The SMILES string of the molecule is C=CCN1C(=O)/C(=C\C(=O)NC(C)C(C)C)Sc2ccccc21. The highest BCUT2D eigenvalue weighted by molar-refractivity contribution is 8.04. The monoisotopic (exact) mass is 330 g/mol. The van der Waals surface area contributed by atoms with Crippen LogP contribution in [0.1, 0.15) is 20.8 Å². The average Bonchev–Trinajstić information content (AvgIpc) is 2.51. The van der Waals surface area contributed by atoms with Crippen LogP contribution in [0.5, 0.6) is 0 Å². The third-order valence-electron chi connectivity index (χ3n) is 3.78. The molecule has 0 bridgehead atoms. The largest absolute Gasteiger partial charge is 0.350 e. The van der Waals surface area contributed by atoms with Crippen molar-refractivity contribution in [3.8, 4) is 0 Å². The molecule has 0 spiro atoms. The second-order valence-corrected chi connectivity index (χ2v) is 6.91. The summed E-state index contributed by atoms with van der Waals surface area (Å²) < 4.78 is 0. The van der Waals surface area contributed by atoms with E-state index in [1.807, 2.05) is 45.0 Å². The van der Waals surface area contributed by atoms with Crippen LogP contribution in [0.2, 0.25) is 0 Å². The highest BCUT2D eigenvalue weighted by Crippen LogP contribution is 2.41. The Morgan fingerprint density at radius 3 is 2.70 bits per heavy atom. The van der Waals surface area contributed by atoms with Crippen molar-refractivity contribution in [3.63, 3.8) is 0 Å². The summed E-state index contributed by atoms with van der Waals surface area (Å²) in [6.07, 6.45) is 3.08. The Kier molecular flexibility index (Phi) is 5.66. The molecule has 1 aromatic rings. The molecule has 2 rings (SSSR count). The number of nitrogens with one attached hydrogen (secondary N) is 1. The van der Waals surface area contributed by atoms with Crippen molar-refractivity contribution in [2.24, 2.45) is 5.92 Å². The highest BCUT2D eigenvalue weighted by Gasteiger charge is 2.28. The summed E-state index contributed by atoms with van der Waals surface area (Å²) >= 11 is 1.33. The summed E-state index contributed by atoms with van der Waals surface area (Å²) in [6, 6.07) is 7.73. The van der Waals surface area contributed by atoms with Crippen LogP contribution in [-0.4, -0.2) is 24.4 Å². The summed E-state index contributed by atoms with van der Waals surface area (Å²) in [4.78, 5) is 27.8. The molecule has 1 heterocycles. The zero-order valence-electron chi connectivity index (χ0n) is 13.7. The molecule has 1 aliphatic rings. The number of para-hydroxylation sites is 1. The first kappa shape index (κ1) is 17.3. The number of carbonyl (C=O) groups is 2. The molecular formula is C18H22N2O2S. The predicted molar refractivity (Wildman–Crippen MR) is 95.4 cm³/mol. The van der Waals surface area contributed by atoms with E-state index in [9.17, 15) is 9.59 Å². The number of hydrogen-bond acceptors (Lipinski definition) is 3. The summed E-state index contributed by atoms with van der Waals surface area (Å²) in [7, 11) is 0. The molecule has 0 saturated heterocycles. The second-order valence-electron chi connectivity index (χ2n) is 5.82. The standard InChI is InChI=1S/C18H22N2O2S/c1-5-10-20-14-8-6-7-9-15(14)23-16(18(20)22)11-17(21)19-13(4)12(2)3/h5-9,11-13H,1,10H2,2-4H3,(H,19,21)/b16-11+. The molecule has 1 N–H and O–H groups in total. The molecule has 1 unspecified atom stereocenters. The van der Waals surface area contributed by atoms with Crippen LogP contribution in [0.3, 0.4) is 0 Å². The number of anilines is 1. The molecule has 1 atom stereocenters. The Hall–Kier alpha value is -2.01. The van der Waals surface area contributed by atoms with Crippen LogP contribution in [0, 0.1) is 5.92 Å². The van der Waals surface area contributed by atoms with Gasteiger partial charge in [-0.05, 0) is 25.0 Å². The lowest BCUT2D eigenvalue weighted by molar-refractivity contribution is -0.118. The maximum Gasteiger partial charge on any atom is 0.265 e. The van der Waals surface area contributed by atoms with E-state index in [1.54, 1.807) is 11.0 Å². The fourth-order valence-corrected chi connectivity index (χ4v) is 3.15. The van der Waals surface area contributed by atoms with Gasteiger partial charge in [0, 0.05) is 23.6 Å². The van der Waals surface area contributed by atoms with Crippen LogP contribution in [0.15, 0.2) is 52.8 Å². The Morgan fingerprint density at radius 2 is 2.04 bits per heavy atom. The van der Waals surface area contributed by atoms with Crippen molar-refractivity contribution in [2.75, 3.05) is 11.4 Å². The normalized spacial score (nSPS) is 17.1. The molecule has 0 aliphatic carbocycles. The number of fused-ring (bicyclic) bond motifs is 1. The topological polar surface area (TPSA) is 49.4 Å². The first-order valence-corrected chi connectivity index (χ1v) is 8.47. The molecular weight excluding hydrogens is 308 g/mol. The summed E-state index contributed by atoms with van der Waals surface area (Å²) in [5.74, 6) is -0.0639. The number of hydrogen-bond donors (Lipinski definition) is 1. The van der Waals surface area contributed by atoms with Gasteiger partial charge in [0.1, 0.15) is 0 Å². The highest BCUT2D eigenvalue weighted by atomic mass is 32.2. The van der Waals surface area contributed by atoms with E-state index in [0.717, 1.165) is 10.6 Å². The second kappa shape index (κ2) is 7.51. The molecule has 5 heteroatoms. The smallest absolute Gasteiger partial charge is 0.265 e. The van der Waals surface area contributed by atoms with Gasteiger partial charge < -0.3 is 10.2 Å². The van der Waals surface area contributed by atoms with Crippen LogP contribution in [-0.2, 0) is 9.59 Å². The molecule has 0 saturated carbocycles. The van der Waals surface area contributed by atoms with E-state index >= 15 is 0 Å². The summed E-state index contributed by atoms with van der Waals surface area (Å²) in [5, 5.41) is 2.90. The minimum absolute atomic E-state index is 0.0552. The lowest BCUT2D eigenvalue weighted by Crippen LogP contribution is -2.37. The van der Waals surface area contributed by atoms with Gasteiger partial charge in [0.15, 0.2) is 0 Å². The molecule has 1 aromatic carbocycles. The first-order valence-electron chi connectivity index (χ1n) is 7.66. The third kappa shape index (κ3) is 4.05. The Morgan fingerprint density at radius 1 is 1.35 bits per heavy atom. The maximum atomic E-state index is 12.6. The fourth-order valence-electron chi connectivity index (χ4n) is 2.12. The summed E-state index contributed by atoms with van der Waals surface area (Å²) in [5.41, 5.74) is 0.857. The van der Waals surface area contributed by atoms with Gasteiger partial charge in [-0.15, -0.1) is 6.58 Å². The van der Waals surface area contributed by atoms with Gasteiger partial charge in [0.05, 0.1) is 10.6 Å². The zero-order chi connectivity index (χ0) is 17.0. The number of thioether (sulfide) groups is 1. The molecule has 1 aliphatic heterocycles. The number of amides is 2. The molecule has 2 amide bonds. The number of benzene rings is 1. The Labute approximate surface area is 141 Å². The molecule has 122 valence electrons. The van der Waals surface area contributed by atoms with Gasteiger partial charge in [-0.2, -0.15) is 0 Å². The molecule has 0 aromatic heterocycles. The van der Waals surface area contributed by atoms with Gasteiger partial charge >= 0.3 is 0 Å². The molecule has 23 heavy (non-hydrogen) atoms. The minimum Gasteiger partial charge on any atom is -0.350 e. The van der Waals surface area contributed by atoms with Crippen molar-refractivity contribution < 1.29 is 9.59 Å². The van der Waals surface area contributed by atoms with Gasteiger partial charge in [0.2, 0.25) is 5.91 Å². The van der Waals surface area contributed by atoms with E-state index in [-0.39, 0.29) is 17.9 Å². The zero-order valence-corrected chi connectivity index (χ0v) is 14.5. The van der Waals surface area contributed by atoms with Crippen molar-refractivity contribution >= 4 is 29.3 Å². The number of rotatable bonds is 5. The lowest BCUT2D eigenvalue weighted by Gasteiger charge is -2.29. The fraction of sp³-hybridized carbons (Fsp3) is 0.333. The van der Waals surface area contributed by atoms with Crippen molar-refractivity contribution in [1.82, 2.24) is 5.32 Å². The van der Waals surface area contributed by atoms with Crippen LogP contribution in [0.25, 0.3) is 0 Å². The van der Waals surface area contributed by atoms with E-state index in [2.05, 4.69) is 11.9 Å². The van der Waals surface area contributed by atoms with Crippen LogP contribution >= 0.6 is 11.8 Å². The number of carbonyl (C=O) groups excluding carboxylic acids is 2. The van der Waals surface area contributed by atoms with E-state index in [4.69, 9.17) is 0 Å². The van der Waals surface area contributed by atoms with E-state index in [0.29, 0.717) is 17.4 Å². The summed E-state index contributed by atoms with van der Waals surface area (Å²) in [6.45, 7) is 10.2. The predicted octanol–water partition coefficient (Wildman–Crippen LogP) is 3.36. The molecule has 0 radical (unpaired) electrons. The van der Waals surface area contributed by atoms with Gasteiger partial charge in [0.25, 0.3) is 5.91 Å². The molecule has 0 fully saturated rings. The minimum atomic E-state index is -0.236. The van der Waals surface area contributed by atoms with Gasteiger partial charge in [-0.1, -0.05) is 43.8 Å². The average molecular weight is 330 g/mol. The quantitative estimate of drug-likeness (QED) is 0.665. The van der Waals surface area contributed by atoms with Gasteiger partial charge in [-0.3, -0.25) is 9.59 Å². The van der Waals surface area contributed by atoms with Gasteiger partial charge in [-0.25, -0.2) is 0 Å². The molecule has 4 nitrogen and oxygen atoms in total.